The van der Waals surface area contributed by atoms with Gasteiger partial charge < -0.3 is 10.2 Å². The Hall–Kier alpha value is -2.22. The molecule has 2 aromatic heterocycles. The summed E-state index contributed by atoms with van der Waals surface area (Å²) >= 11 is 1.41. The first-order valence-corrected chi connectivity index (χ1v) is 9.24. The molecule has 0 spiro atoms. The van der Waals surface area contributed by atoms with E-state index in [-0.39, 0.29) is 11.8 Å². The van der Waals surface area contributed by atoms with Crippen molar-refractivity contribution in [2.24, 2.45) is 12.5 Å². The van der Waals surface area contributed by atoms with Gasteiger partial charge in [-0.05, 0) is 12.8 Å². The van der Waals surface area contributed by atoms with Crippen LogP contribution in [0.15, 0.2) is 17.8 Å². The predicted octanol–water partition coefficient (Wildman–Crippen LogP) is 1.92. The van der Waals surface area contributed by atoms with Gasteiger partial charge in [0.15, 0.2) is 0 Å². The molecule has 0 saturated heterocycles. The van der Waals surface area contributed by atoms with E-state index in [4.69, 9.17) is 0 Å². The topological polar surface area (TPSA) is 80.1 Å². The molecule has 3 rings (SSSR count). The molecule has 1 N–H and O–H groups in total. The molecule has 0 aliphatic heterocycles. The number of nitrogens with one attached hydrogen (secondary N) is 1. The van der Waals surface area contributed by atoms with Gasteiger partial charge in [0.05, 0.1) is 11.6 Å². The largest absolute Gasteiger partial charge is 0.350 e. The van der Waals surface area contributed by atoms with Crippen molar-refractivity contribution in [1.82, 2.24) is 25.0 Å². The highest BCUT2D eigenvalue weighted by molar-refractivity contribution is 7.13. The van der Waals surface area contributed by atoms with Crippen LogP contribution >= 0.6 is 11.3 Å². The van der Waals surface area contributed by atoms with Crippen LogP contribution in [0.3, 0.4) is 0 Å². The van der Waals surface area contributed by atoms with Crippen molar-refractivity contribution < 1.29 is 9.59 Å². The maximum Gasteiger partial charge on any atom is 0.270 e. The summed E-state index contributed by atoms with van der Waals surface area (Å²) in [6, 6.07) is 0. The van der Waals surface area contributed by atoms with Gasteiger partial charge in [-0.1, -0.05) is 12.8 Å². The lowest BCUT2D eigenvalue weighted by Gasteiger charge is -2.30. The molecule has 2 aromatic rings. The quantitative estimate of drug-likeness (QED) is 0.882. The maximum atomic E-state index is 12.6. The highest BCUT2D eigenvalue weighted by Crippen LogP contribution is 2.39. The second kappa shape index (κ2) is 6.95. The monoisotopic (exact) mass is 361 g/mol. The van der Waals surface area contributed by atoms with Gasteiger partial charge in [0.2, 0.25) is 5.91 Å². The van der Waals surface area contributed by atoms with E-state index in [1.54, 1.807) is 35.3 Å². The first-order valence-electron chi connectivity index (χ1n) is 8.36. The molecule has 0 unspecified atom stereocenters. The summed E-state index contributed by atoms with van der Waals surface area (Å²) in [5.41, 5.74) is 0.803. The molecular formula is C17H23N5O2S. The zero-order chi connectivity index (χ0) is 18.0. The molecule has 2 heterocycles. The van der Waals surface area contributed by atoms with Crippen LogP contribution < -0.4 is 5.32 Å². The zero-order valence-electron chi connectivity index (χ0n) is 14.8. The predicted molar refractivity (Wildman–Crippen MR) is 96.2 cm³/mol. The fourth-order valence-corrected chi connectivity index (χ4v) is 4.15. The van der Waals surface area contributed by atoms with Gasteiger partial charge in [0.25, 0.3) is 5.91 Å². The molecule has 0 radical (unpaired) electrons. The smallest absolute Gasteiger partial charge is 0.270 e. The molecule has 1 aliphatic carbocycles. The van der Waals surface area contributed by atoms with Crippen molar-refractivity contribution in [2.45, 2.75) is 25.7 Å². The van der Waals surface area contributed by atoms with Crippen LogP contribution in [-0.2, 0) is 11.8 Å². The van der Waals surface area contributed by atoms with Gasteiger partial charge in [0.1, 0.15) is 10.7 Å². The Balaban J connectivity index is 1.68. The van der Waals surface area contributed by atoms with Crippen molar-refractivity contribution in [3.8, 4) is 10.6 Å². The molecule has 25 heavy (non-hydrogen) atoms. The third-order valence-corrected chi connectivity index (χ3v) is 5.59. The van der Waals surface area contributed by atoms with Crippen LogP contribution in [-0.4, -0.2) is 52.1 Å². The summed E-state index contributed by atoms with van der Waals surface area (Å²) in [5, 5.41) is 9.55. The van der Waals surface area contributed by atoms with Crippen LogP contribution in [0.25, 0.3) is 10.6 Å². The van der Waals surface area contributed by atoms with Crippen molar-refractivity contribution >= 4 is 23.2 Å². The third kappa shape index (κ3) is 3.58. The zero-order valence-corrected chi connectivity index (χ0v) is 15.6. The maximum absolute atomic E-state index is 12.6. The van der Waals surface area contributed by atoms with Crippen molar-refractivity contribution in [2.75, 3.05) is 20.6 Å². The van der Waals surface area contributed by atoms with Crippen LogP contribution in [0.4, 0.5) is 0 Å². The number of carbonyl (C=O) groups is 2. The minimum absolute atomic E-state index is 0.0969. The van der Waals surface area contributed by atoms with E-state index < -0.39 is 5.41 Å². The third-order valence-electron chi connectivity index (χ3n) is 4.70. The Morgan fingerprint density at radius 2 is 2.08 bits per heavy atom. The number of hydrogen-bond donors (Lipinski definition) is 1. The van der Waals surface area contributed by atoms with Crippen LogP contribution in [0.2, 0.25) is 0 Å². The first-order chi connectivity index (χ1) is 11.9. The van der Waals surface area contributed by atoms with E-state index in [0.29, 0.717) is 12.2 Å². The number of hydrogen-bond acceptors (Lipinski definition) is 5. The highest BCUT2D eigenvalue weighted by Gasteiger charge is 2.42. The van der Waals surface area contributed by atoms with E-state index in [1.165, 1.54) is 11.3 Å². The van der Waals surface area contributed by atoms with Gasteiger partial charge in [-0.15, -0.1) is 11.3 Å². The summed E-state index contributed by atoms with van der Waals surface area (Å²) in [7, 11) is 5.38. The van der Waals surface area contributed by atoms with E-state index in [1.807, 2.05) is 13.2 Å². The van der Waals surface area contributed by atoms with Gasteiger partial charge in [-0.3, -0.25) is 14.3 Å². The molecule has 7 nitrogen and oxygen atoms in total. The average Bonchev–Trinajstić information content (AvgIpc) is 3.32. The molecule has 134 valence electrons. The number of nitrogens with zero attached hydrogens (tertiary/aromatic N) is 4. The lowest BCUT2D eigenvalue weighted by atomic mass is 9.84. The normalized spacial score (nSPS) is 16.0. The SMILES string of the molecule is CN(C)C(=O)C1(CNC(=O)c2csc(-c3cnn(C)c3)n2)CCCC1. The molecule has 1 saturated carbocycles. The molecule has 0 aromatic carbocycles. The Morgan fingerprint density at radius 3 is 2.68 bits per heavy atom. The van der Waals surface area contributed by atoms with E-state index in [0.717, 1.165) is 36.3 Å². The highest BCUT2D eigenvalue weighted by atomic mass is 32.1. The number of aryl methyl sites for hydroxylation is 1. The van der Waals surface area contributed by atoms with Crippen LogP contribution in [0, 0.1) is 5.41 Å². The summed E-state index contributed by atoms with van der Waals surface area (Å²) in [5.74, 6) is -0.135. The molecule has 0 atom stereocenters. The standard InChI is InChI=1S/C17H23N5O2S/c1-21(2)16(24)17(6-4-5-7-17)11-18-14(23)13-10-25-15(20-13)12-8-19-22(3)9-12/h8-10H,4-7,11H2,1-3H3,(H,18,23). The van der Waals surface area contributed by atoms with Crippen molar-refractivity contribution in [1.29, 1.82) is 0 Å². The van der Waals surface area contributed by atoms with Gasteiger partial charge in [-0.25, -0.2) is 4.98 Å². The Labute approximate surface area is 151 Å². The number of aromatic nitrogens is 3. The second-order valence-corrected chi connectivity index (χ2v) is 7.67. The number of rotatable bonds is 5. The molecular weight excluding hydrogens is 338 g/mol. The van der Waals surface area contributed by atoms with E-state index in [2.05, 4.69) is 15.4 Å². The van der Waals surface area contributed by atoms with Gasteiger partial charge >= 0.3 is 0 Å². The fourth-order valence-electron chi connectivity index (χ4n) is 3.37. The van der Waals surface area contributed by atoms with Crippen LogP contribution in [0.1, 0.15) is 36.2 Å². The first kappa shape index (κ1) is 17.6. The van der Waals surface area contributed by atoms with Crippen LogP contribution in [0.5, 0.6) is 0 Å². The van der Waals surface area contributed by atoms with Crippen molar-refractivity contribution in [3.63, 3.8) is 0 Å². The van der Waals surface area contributed by atoms with E-state index in [9.17, 15) is 9.59 Å². The molecule has 0 bridgehead atoms. The number of thiazole rings is 1. The van der Waals surface area contributed by atoms with E-state index >= 15 is 0 Å². The number of carbonyl (C=O) groups excluding carboxylic acids is 2. The second-order valence-electron chi connectivity index (χ2n) is 6.81. The summed E-state index contributed by atoms with van der Waals surface area (Å²) < 4.78 is 1.70. The Morgan fingerprint density at radius 1 is 1.36 bits per heavy atom. The lowest BCUT2D eigenvalue weighted by molar-refractivity contribution is -0.138. The number of amides is 2. The summed E-state index contributed by atoms with van der Waals surface area (Å²) in [4.78, 5) is 31.1. The lowest BCUT2D eigenvalue weighted by Crippen LogP contribution is -2.46. The minimum Gasteiger partial charge on any atom is -0.350 e. The molecule has 1 fully saturated rings. The Kier molecular flexibility index (Phi) is 4.89. The van der Waals surface area contributed by atoms with Crippen molar-refractivity contribution in [3.05, 3.63) is 23.5 Å². The fraction of sp³-hybridized carbons (Fsp3) is 0.529. The Bertz CT molecular complexity index is 774. The van der Waals surface area contributed by atoms with Gasteiger partial charge in [0, 0.05) is 44.8 Å². The molecule has 8 heteroatoms. The average molecular weight is 361 g/mol. The molecule has 2 amide bonds. The van der Waals surface area contributed by atoms with Gasteiger partial charge in [-0.2, -0.15) is 5.10 Å². The summed E-state index contributed by atoms with van der Waals surface area (Å²) in [6.07, 6.45) is 7.28. The molecule has 1 aliphatic rings. The minimum atomic E-state index is -0.471. The summed E-state index contributed by atoms with van der Waals surface area (Å²) in [6.45, 7) is 0.364.